The normalized spacial score (nSPS) is 13.8. The van der Waals surface area contributed by atoms with Gasteiger partial charge in [-0.1, -0.05) is 12.1 Å². The maximum absolute atomic E-state index is 11.2. The summed E-state index contributed by atoms with van der Waals surface area (Å²) in [6, 6.07) is 6.20. The molecule has 0 amide bonds. The molecule has 0 fully saturated rings. The van der Waals surface area contributed by atoms with Crippen LogP contribution in [0.5, 0.6) is 0 Å². The summed E-state index contributed by atoms with van der Waals surface area (Å²) in [7, 11) is -3.16. The van der Waals surface area contributed by atoms with Crippen molar-refractivity contribution in [1.82, 2.24) is 0 Å². The lowest BCUT2D eigenvalue weighted by molar-refractivity contribution is 0.170. The molecule has 0 radical (unpaired) electrons. The molecule has 0 bridgehead atoms. The van der Waals surface area contributed by atoms with Crippen LogP contribution in [0.4, 0.5) is 0 Å². The van der Waals surface area contributed by atoms with Gasteiger partial charge in [-0.15, -0.1) is 0 Å². The average molecular weight is 229 g/mol. The highest BCUT2D eigenvalue weighted by Gasteiger charge is 2.09. The van der Waals surface area contributed by atoms with E-state index in [1.54, 1.807) is 12.1 Å². The van der Waals surface area contributed by atoms with Crippen molar-refractivity contribution in [2.45, 2.75) is 17.4 Å². The van der Waals surface area contributed by atoms with Gasteiger partial charge in [0.2, 0.25) is 0 Å². The van der Waals surface area contributed by atoms with Gasteiger partial charge >= 0.3 is 0 Å². The van der Waals surface area contributed by atoms with Gasteiger partial charge in [-0.25, -0.2) is 8.42 Å². The molecular weight excluding hydrogens is 214 g/mol. The molecule has 1 unspecified atom stereocenters. The van der Waals surface area contributed by atoms with Crippen molar-refractivity contribution in [3.63, 3.8) is 0 Å². The largest absolute Gasteiger partial charge is 0.388 e. The number of aliphatic hydroxyl groups is 1. The molecule has 84 valence electrons. The van der Waals surface area contributed by atoms with Crippen LogP contribution in [0, 0.1) is 0 Å². The number of hydrogen-bond donors (Lipinski definition) is 2. The summed E-state index contributed by atoms with van der Waals surface area (Å²) >= 11 is 0. The molecule has 0 saturated carbocycles. The second-order valence-corrected chi connectivity index (χ2v) is 5.45. The Kier molecular flexibility index (Phi) is 3.84. The Morgan fingerprint density at radius 1 is 1.33 bits per heavy atom. The monoisotopic (exact) mass is 229 g/mol. The highest BCUT2D eigenvalue weighted by molar-refractivity contribution is 7.90. The predicted molar refractivity (Wildman–Crippen MR) is 58.2 cm³/mol. The molecular formula is C10H15NO3S. The van der Waals surface area contributed by atoms with Crippen LogP contribution in [-0.2, 0) is 9.84 Å². The maximum atomic E-state index is 11.2. The SMILES string of the molecule is CS(=O)(=O)c1ccc(C(O)CCN)cc1. The standard InChI is InChI=1S/C10H15NO3S/c1-15(13,14)9-4-2-8(3-5-9)10(12)6-7-11/h2-5,10,12H,6-7,11H2,1H3. The number of hydrogen-bond acceptors (Lipinski definition) is 4. The molecule has 4 nitrogen and oxygen atoms in total. The van der Waals surface area contributed by atoms with E-state index in [1.165, 1.54) is 12.1 Å². The van der Waals surface area contributed by atoms with Gasteiger partial charge in [0.25, 0.3) is 0 Å². The second-order valence-electron chi connectivity index (χ2n) is 3.43. The van der Waals surface area contributed by atoms with Gasteiger partial charge in [-0.2, -0.15) is 0 Å². The van der Waals surface area contributed by atoms with E-state index in [2.05, 4.69) is 0 Å². The van der Waals surface area contributed by atoms with Crippen molar-refractivity contribution in [3.8, 4) is 0 Å². The van der Waals surface area contributed by atoms with Crippen molar-refractivity contribution in [3.05, 3.63) is 29.8 Å². The van der Waals surface area contributed by atoms with Crippen molar-refractivity contribution < 1.29 is 13.5 Å². The Hall–Kier alpha value is -0.910. The summed E-state index contributed by atoms with van der Waals surface area (Å²) in [5.41, 5.74) is 6.00. The molecule has 0 aromatic heterocycles. The highest BCUT2D eigenvalue weighted by Crippen LogP contribution is 2.18. The Bertz CT molecular complexity index is 411. The van der Waals surface area contributed by atoms with Gasteiger partial charge in [0.15, 0.2) is 9.84 Å². The van der Waals surface area contributed by atoms with E-state index < -0.39 is 15.9 Å². The fraction of sp³-hybridized carbons (Fsp3) is 0.400. The summed E-state index contributed by atoms with van der Waals surface area (Å²) in [5, 5.41) is 9.58. The molecule has 15 heavy (non-hydrogen) atoms. The minimum absolute atomic E-state index is 0.256. The number of aliphatic hydroxyl groups excluding tert-OH is 1. The molecule has 0 saturated heterocycles. The van der Waals surface area contributed by atoms with E-state index in [9.17, 15) is 13.5 Å². The third-order valence-electron chi connectivity index (χ3n) is 2.13. The maximum Gasteiger partial charge on any atom is 0.175 e. The van der Waals surface area contributed by atoms with Crippen LogP contribution in [-0.4, -0.2) is 26.3 Å². The van der Waals surface area contributed by atoms with Crippen molar-refractivity contribution >= 4 is 9.84 Å². The molecule has 0 aliphatic carbocycles. The van der Waals surface area contributed by atoms with Crippen LogP contribution in [0.3, 0.4) is 0 Å². The first kappa shape index (κ1) is 12.2. The third kappa shape index (κ3) is 3.30. The topological polar surface area (TPSA) is 80.4 Å². The van der Waals surface area contributed by atoms with Gasteiger partial charge in [0.05, 0.1) is 11.0 Å². The Morgan fingerprint density at radius 3 is 2.27 bits per heavy atom. The molecule has 0 spiro atoms. The molecule has 1 aromatic rings. The number of benzene rings is 1. The molecule has 0 aliphatic heterocycles. The summed E-state index contributed by atoms with van der Waals surface area (Å²) in [4.78, 5) is 0.256. The Morgan fingerprint density at radius 2 is 1.87 bits per heavy atom. The van der Waals surface area contributed by atoms with Crippen LogP contribution < -0.4 is 5.73 Å². The minimum Gasteiger partial charge on any atom is -0.388 e. The van der Waals surface area contributed by atoms with Crippen LogP contribution in [0.1, 0.15) is 18.1 Å². The first-order chi connectivity index (χ1) is 6.95. The van der Waals surface area contributed by atoms with Gasteiger partial charge in [0.1, 0.15) is 0 Å². The van der Waals surface area contributed by atoms with Crippen LogP contribution in [0.2, 0.25) is 0 Å². The summed E-state index contributed by atoms with van der Waals surface area (Å²) in [5.74, 6) is 0. The minimum atomic E-state index is -3.16. The van der Waals surface area contributed by atoms with Gasteiger partial charge < -0.3 is 10.8 Å². The number of rotatable bonds is 4. The average Bonchev–Trinajstić information content (AvgIpc) is 2.17. The zero-order chi connectivity index (χ0) is 11.5. The Balaban J connectivity index is 2.90. The predicted octanol–water partition coefficient (Wildman–Crippen LogP) is 0.472. The number of nitrogens with two attached hydrogens (primary N) is 1. The van der Waals surface area contributed by atoms with E-state index in [1.807, 2.05) is 0 Å². The third-order valence-corrected chi connectivity index (χ3v) is 3.26. The van der Waals surface area contributed by atoms with Crippen LogP contribution in [0.15, 0.2) is 29.2 Å². The molecule has 1 rings (SSSR count). The lowest BCUT2D eigenvalue weighted by atomic mass is 10.1. The number of sulfone groups is 1. The highest BCUT2D eigenvalue weighted by atomic mass is 32.2. The molecule has 1 atom stereocenters. The fourth-order valence-corrected chi connectivity index (χ4v) is 1.89. The summed E-state index contributed by atoms with van der Waals surface area (Å²) < 4.78 is 22.3. The first-order valence-corrected chi connectivity index (χ1v) is 6.52. The van der Waals surface area contributed by atoms with Gasteiger partial charge in [0, 0.05) is 6.26 Å². The quantitative estimate of drug-likeness (QED) is 0.786. The van der Waals surface area contributed by atoms with E-state index in [0.717, 1.165) is 6.26 Å². The molecule has 3 N–H and O–H groups in total. The van der Waals surface area contributed by atoms with Crippen LogP contribution >= 0.6 is 0 Å². The molecule has 0 aliphatic rings. The van der Waals surface area contributed by atoms with E-state index >= 15 is 0 Å². The molecule has 0 heterocycles. The lowest BCUT2D eigenvalue weighted by Gasteiger charge is -2.09. The summed E-state index contributed by atoms with van der Waals surface area (Å²) in [6.45, 7) is 0.398. The zero-order valence-corrected chi connectivity index (χ0v) is 9.37. The molecule has 1 aromatic carbocycles. The zero-order valence-electron chi connectivity index (χ0n) is 8.55. The fourth-order valence-electron chi connectivity index (χ4n) is 1.26. The second kappa shape index (κ2) is 4.74. The Labute approximate surface area is 89.7 Å². The van der Waals surface area contributed by atoms with Crippen molar-refractivity contribution in [2.24, 2.45) is 5.73 Å². The van der Waals surface area contributed by atoms with Gasteiger partial charge in [-0.3, -0.25) is 0 Å². The van der Waals surface area contributed by atoms with E-state index in [-0.39, 0.29) is 4.90 Å². The van der Waals surface area contributed by atoms with Crippen molar-refractivity contribution in [1.29, 1.82) is 0 Å². The van der Waals surface area contributed by atoms with E-state index in [0.29, 0.717) is 18.5 Å². The smallest absolute Gasteiger partial charge is 0.175 e. The van der Waals surface area contributed by atoms with Crippen molar-refractivity contribution in [2.75, 3.05) is 12.8 Å². The first-order valence-electron chi connectivity index (χ1n) is 4.63. The van der Waals surface area contributed by atoms with Gasteiger partial charge in [-0.05, 0) is 30.7 Å². The molecule has 5 heteroatoms. The van der Waals surface area contributed by atoms with E-state index in [4.69, 9.17) is 5.73 Å². The summed E-state index contributed by atoms with van der Waals surface area (Å²) in [6.07, 6.45) is 1.000. The van der Waals surface area contributed by atoms with Crippen LogP contribution in [0.25, 0.3) is 0 Å². The lowest BCUT2D eigenvalue weighted by Crippen LogP contribution is -2.07.